The molecule has 26 heavy (non-hydrogen) atoms. The van der Waals surface area contributed by atoms with Crippen molar-refractivity contribution in [3.63, 3.8) is 0 Å². The average molecular weight is 368 g/mol. The molecule has 2 aliphatic rings. The summed E-state index contributed by atoms with van der Waals surface area (Å²) in [5.41, 5.74) is 2.40. The molecule has 1 aromatic heterocycles. The summed E-state index contributed by atoms with van der Waals surface area (Å²) in [6.45, 7) is 5.54. The van der Waals surface area contributed by atoms with E-state index in [0.717, 1.165) is 18.5 Å². The molecule has 0 saturated carbocycles. The van der Waals surface area contributed by atoms with E-state index >= 15 is 0 Å². The number of anilines is 1. The van der Waals surface area contributed by atoms with E-state index in [2.05, 4.69) is 22.2 Å². The Labute approximate surface area is 156 Å². The highest BCUT2D eigenvalue weighted by Gasteiger charge is 2.45. The van der Waals surface area contributed by atoms with Gasteiger partial charge in [-0.3, -0.25) is 9.59 Å². The smallest absolute Gasteiger partial charge is 0.275 e. The number of hydrogen-bond donors (Lipinski definition) is 0. The first-order chi connectivity index (χ1) is 12.6. The SMILES string of the molecule is C=CCN1C(=O)CC2(CCN(C(=O)c3csnn3)CC2)c2ccccc21. The molecule has 0 bridgehead atoms. The van der Waals surface area contributed by atoms with Gasteiger partial charge < -0.3 is 9.80 Å². The van der Waals surface area contributed by atoms with E-state index in [1.54, 1.807) is 11.5 Å². The molecular weight excluding hydrogens is 348 g/mol. The molecule has 0 aliphatic carbocycles. The highest BCUT2D eigenvalue weighted by molar-refractivity contribution is 7.03. The minimum Gasteiger partial charge on any atom is -0.337 e. The number of fused-ring (bicyclic) bond motifs is 2. The molecule has 1 saturated heterocycles. The molecule has 2 aliphatic heterocycles. The van der Waals surface area contributed by atoms with Gasteiger partial charge in [0, 0.05) is 42.5 Å². The number of piperidine rings is 1. The van der Waals surface area contributed by atoms with Gasteiger partial charge in [0.25, 0.3) is 5.91 Å². The van der Waals surface area contributed by atoms with Gasteiger partial charge >= 0.3 is 0 Å². The summed E-state index contributed by atoms with van der Waals surface area (Å²) in [7, 11) is 0. The molecule has 4 rings (SSSR count). The Bertz CT molecular complexity index is 841. The third-order valence-corrected chi connectivity index (χ3v) is 5.96. The number of hydrogen-bond acceptors (Lipinski definition) is 5. The Balaban J connectivity index is 1.60. The molecule has 7 heteroatoms. The van der Waals surface area contributed by atoms with Crippen molar-refractivity contribution in [1.82, 2.24) is 14.5 Å². The molecule has 2 amide bonds. The van der Waals surface area contributed by atoms with E-state index in [1.165, 1.54) is 17.1 Å². The van der Waals surface area contributed by atoms with Crippen molar-refractivity contribution in [2.24, 2.45) is 0 Å². The fraction of sp³-hybridized carbons (Fsp3) is 0.368. The summed E-state index contributed by atoms with van der Waals surface area (Å²) in [6.07, 6.45) is 3.80. The Hall–Kier alpha value is -2.54. The van der Waals surface area contributed by atoms with Gasteiger partial charge in [-0.05, 0) is 36.0 Å². The van der Waals surface area contributed by atoms with Gasteiger partial charge in [0.05, 0.1) is 0 Å². The van der Waals surface area contributed by atoms with E-state index in [1.807, 2.05) is 28.0 Å². The molecule has 3 heterocycles. The molecule has 6 nitrogen and oxygen atoms in total. The van der Waals surface area contributed by atoms with Crippen LogP contribution in [0.5, 0.6) is 0 Å². The highest BCUT2D eigenvalue weighted by atomic mass is 32.1. The van der Waals surface area contributed by atoms with E-state index in [4.69, 9.17) is 0 Å². The number of aromatic nitrogens is 2. The first-order valence-corrected chi connectivity index (χ1v) is 9.55. The second kappa shape index (κ2) is 6.64. The fourth-order valence-corrected chi connectivity index (χ4v) is 4.54. The maximum Gasteiger partial charge on any atom is 0.275 e. The van der Waals surface area contributed by atoms with Crippen LogP contribution in [0.15, 0.2) is 42.3 Å². The van der Waals surface area contributed by atoms with E-state index in [-0.39, 0.29) is 17.2 Å². The van der Waals surface area contributed by atoms with Crippen LogP contribution < -0.4 is 4.90 Å². The summed E-state index contributed by atoms with van der Waals surface area (Å²) in [5.74, 6) is 0.0596. The summed E-state index contributed by atoms with van der Waals surface area (Å²) in [4.78, 5) is 29.0. The van der Waals surface area contributed by atoms with Crippen molar-refractivity contribution in [2.75, 3.05) is 24.5 Å². The lowest BCUT2D eigenvalue weighted by molar-refractivity contribution is -0.120. The number of para-hydroxylation sites is 1. The quantitative estimate of drug-likeness (QED) is 0.781. The predicted octanol–water partition coefficient (Wildman–Crippen LogP) is 2.63. The van der Waals surface area contributed by atoms with Crippen LogP contribution in [0.3, 0.4) is 0 Å². The molecule has 2 aromatic rings. The normalized spacial score (nSPS) is 18.7. The number of likely N-dealkylation sites (tertiary alicyclic amines) is 1. The lowest BCUT2D eigenvalue weighted by atomic mass is 9.67. The standard InChI is InChI=1S/C19H20N4O2S/c1-2-9-23-16-6-4-3-5-14(16)19(12-17(23)24)7-10-22(11-8-19)18(25)15-13-26-21-20-15/h2-6,13H,1,7-12H2. The highest BCUT2D eigenvalue weighted by Crippen LogP contribution is 2.47. The van der Waals surface area contributed by atoms with Crippen LogP contribution in [-0.4, -0.2) is 45.9 Å². The van der Waals surface area contributed by atoms with E-state index < -0.39 is 0 Å². The summed E-state index contributed by atoms with van der Waals surface area (Å²) < 4.78 is 3.77. The summed E-state index contributed by atoms with van der Waals surface area (Å²) in [5, 5.41) is 5.56. The van der Waals surface area contributed by atoms with Gasteiger partial charge in [-0.2, -0.15) is 0 Å². The molecule has 0 unspecified atom stereocenters. The Morgan fingerprint density at radius 3 is 2.77 bits per heavy atom. The summed E-state index contributed by atoms with van der Waals surface area (Å²) >= 11 is 1.18. The number of carbonyl (C=O) groups is 2. The molecule has 0 atom stereocenters. The first-order valence-electron chi connectivity index (χ1n) is 8.72. The Kier molecular flexibility index (Phi) is 4.32. The van der Waals surface area contributed by atoms with Crippen LogP contribution in [0, 0.1) is 0 Å². The molecule has 1 fully saturated rings. The van der Waals surface area contributed by atoms with E-state index in [9.17, 15) is 9.59 Å². The lowest BCUT2D eigenvalue weighted by Gasteiger charge is -2.47. The molecule has 1 spiro atoms. The van der Waals surface area contributed by atoms with Crippen molar-refractivity contribution in [2.45, 2.75) is 24.7 Å². The minimum atomic E-state index is -0.192. The lowest BCUT2D eigenvalue weighted by Crippen LogP contribution is -2.51. The molecular formula is C19H20N4O2S. The summed E-state index contributed by atoms with van der Waals surface area (Å²) in [6, 6.07) is 8.13. The Morgan fingerprint density at radius 2 is 2.08 bits per heavy atom. The van der Waals surface area contributed by atoms with Gasteiger partial charge in [0.1, 0.15) is 0 Å². The monoisotopic (exact) mass is 368 g/mol. The zero-order valence-corrected chi connectivity index (χ0v) is 15.2. The van der Waals surface area contributed by atoms with Crippen molar-refractivity contribution in [3.05, 3.63) is 53.6 Å². The van der Waals surface area contributed by atoms with Crippen molar-refractivity contribution >= 4 is 29.0 Å². The second-order valence-corrected chi connectivity index (χ2v) is 7.46. The van der Waals surface area contributed by atoms with Crippen LogP contribution in [0.4, 0.5) is 5.69 Å². The van der Waals surface area contributed by atoms with Gasteiger partial charge in [-0.15, -0.1) is 11.7 Å². The zero-order chi connectivity index (χ0) is 18.1. The number of nitrogens with zero attached hydrogens (tertiary/aromatic N) is 4. The number of benzene rings is 1. The third-order valence-electron chi connectivity index (χ3n) is 5.46. The van der Waals surface area contributed by atoms with Crippen molar-refractivity contribution < 1.29 is 9.59 Å². The van der Waals surface area contributed by atoms with Crippen molar-refractivity contribution in [1.29, 1.82) is 0 Å². The van der Waals surface area contributed by atoms with Crippen LogP contribution in [0.25, 0.3) is 0 Å². The molecule has 0 radical (unpaired) electrons. The first kappa shape index (κ1) is 16.9. The molecule has 134 valence electrons. The second-order valence-electron chi connectivity index (χ2n) is 6.85. The van der Waals surface area contributed by atoms with Gasteiger partial charge in [-0.1, -0.05) is 28.8 Å². The topological polar surface area (TPSA) is 66.4 Å². The van der Waals surface area contributed by atoms with Crippen LogP contribution in [0.2, 0.25) is 0 Å². The van der Waals surface area contributed by atoms with Crippen LogP contribution >= 0.6 is 11.5 Å². The Morgan fingerprint density at radius 1 is 1.31 bits per heavy atom. The largest absolute Gasteiger partial charge is 0.337 e. The third kappa shape index (κ3) is 2.72. The molecule has 0 N–H and O–H groups in total. The van der Waals surface area contributed by atoms with Crippen molar-refractivity contribution in [3.8, 4) is 0 Å². The maximum atomic E-state index is 12.8. The van der Waals surface area contributed by atoms with E-state index in [0.29, 0.717) is 31.7 Å². The van der Waals surface area contributed by atoms with Crippen LogP contribution in [-0.2, 0) is 10.2 Å². The fourth-order valence-electron chi connectivity index (χ4n) is 4.10. The van der Waals surface area contributed by atoms with Gasteiger partial charge in [0.15, 0.2) is 5.69 Å². The number of rotatable bonds is 3. The number of carbonyl (C=O) groups excluding carboxylic acids is 2. The number of amides is 2. The van der Waals surface area contributed by atoms with Gasteiger partial charge in [-0.25, -0.2) is 0 Å². The zero-order valence-electron chi connectivity index (χ0n) is 14.4. The minimum absolute atomic E-state index is 0.0719. The predicted molar refractivity (Wildman–Crippen MR) is 100 cm³/mol. The van der Waals surface area contributed by atoms with Crippen LogP contribution in [0.1, 0.15) is 35.3 Å². The van der Waals surface area contributed by atoms with Gasteiger partial charge in [0.2, 0.25) is 5.91 Å². The molecule has 1 aromatic carbocycles. The maximum absolute atomic E-state index is 12.8. The average Bonchev–Trinajstić information content (AvgIpc) is 3.20.